The zero-order chi connectivity index (χ0) is 13.0. The van der Waals surface area contributed by atoms with Crippen molar-refractivity contribution in [2.45, 2.75) is 17.2 Å². The van der Waals surface area contributed by atoms with Crippen molar-refractivity contribution in [1.82, 2.24) is 0 Å². The molecular formula is C14H14BrNOS. The van der Waals surface area contributed by atoms with Crippen LogP contribution in [0.25, 0.3) is 0 Å². The van der Waals surface area contributed by atoms with Gasteiger partial charge in [-0.3, -0.25) is 4.21 Å². The smallest absolute Gasteiger partial charge is 0.0574 e. The van der Waals surface area contributed by atoms with Crippen molar-refractivity contribution < 1.29 is 4.21 Å². The van der Waals surface area contributed by atoms with Crippen LogP contribution < -0.4 is 5.73 Å². The Bertz CT molecular complexity index is 554. The predicted molar refractivity (Wildman–Crippen MR) is 78.6 cm³/mol. The van der Waals surface area contributed by atoms with E-state index in [9.17, 15) is 4.21 Å². The van der Waals surface area contributed by atoms with Gasteiger partial charge in [0.1, 0.15) is 0 Å². The van der Waals surface area contributed by atoms with Gasteiger partial charge in [0, 0.05) is 15.9 Å². The van der Waals surface area contributed by atoms with Gasteiger partial charge < -0.3 is 5.73 Å². The van der Waals surface area contributed by atoms with E-state index in [2.05, 4.69) is 15.9 Å². The second-order valence-corrected chi connectivity index (χ2v) is 6.33. The number of rotatable bonds is 4. The predicted octanol–water partition coefficient (Wildman–Crippen LogP) is 3.22. The fourth-order valence-corrected chi connectivity index (χ4v) is 3.02. The van der Waals surface area contributed by atoms with Crippen molar-refractivity contribution in [3.8, 4) is 0 Å². The number of benzene rings is 2. The van der Waals surface area contributed by atoms with E-state index in [4.69, 9.17) is 5.73 Å². The molecule has 0 aliphatic rings. The van der Waals surface area contributed by atoms with Crippen molar-refractivity contribution in [3.05, 3.63) is 64.1 Å². The Morgan fingerprint density at radius 2 is 1.72 bits per heavy atom. The minimum absolute atomic E-state index is 0.513. The lowest BCUT2D eigenvalue weighted by Gasteiger charge is -2.04. The highest BCUT2D eigenvalue weighted by atomic mass is 79.9. The maximum atomic E-state index is 12.2. The van der Waals surface area contributed by atoms with Crippen molar-refractivity contribution in [1.29, 1.82) is 0 Å². The zero-order valence-corrected chi connectivity index (χ0v) is 12.2. The molecule has 2 nitrogen and oxygen atoms in total. The molecule has 0 aromatic heterocycles. The van der Waals surface area contributed by atoms with Crippen LogP contribution in [0.1, 0.15) is 11.1 Å². The second kappa shape index (κ2) is 6.27. The molecule has 2 aromatic rings. The summed E-state index contributed by atoms with van der Waals surface area (Å²) in [5.41, 5.74) is 7.72. The second-order valence-electron chi connectivity index (χ2n) is 3.97. The first-order chi connectivity index (χ1) is 8.69. The Balaban J connectivity index is 2.13. The highest BCUT2D eigenvalue weighted by Gasteiger charge is 2.05. The van der Waals surface area contributed by atoms with Gasteiger partial charge in [-0.2, -0.15) is 0 Å². The zero-order valence-electron chi connectivity index (χ0n) is 9.80. The fraction of sp³-hybridized carbons (Fsp3) is 0.143. The topological polar surface area (TPSA) is 43.1 Å². The van der Waals surface area contributed by atoms with Crippen LogP contribution >= 0.6 is 15.9 Å². The first kappa shape index (κ1) is 13.5. The van der Waals surface area contributed by atoms with Crippen LogP contribution in [-0.2, 0) is 23.1 Å². The summed E-state index contributed by atoms with van der Waals surface area (Å²) >= 11 is 3.37. The molecule has 0 heterocycles. The van der Waals surface area contributed by atoms with Crippen molar-refractivity contribution in [2.24, 2.45) is 5.73 Å². The summed E-state index contributed by atoms with van der Waals surface area (Å²) in [5, 5.41) is 0. The number of hydrogen-bond donors (Lipinski definition) is 1. The van der Waals surface area contributed by atoms with Gasteiger partial charge in [0.2, 0.25) is 0 Å². The van der Waals surface area contributed by atoms with Crippen molar-refractivity contribution in [2.75, 3.05) is 0 Å². The van der Waals surface area contributed by atoms with Crippen LogP contribution in [0.5, 0.6) is 0 Å². The SMILES string of the molecule is NCc1cccc(CS(=O)c2ccc(Br)cc2)c1. The highest BCUT2D eigenvalue weighted by Crippen LogP contribution is 2.16. The average molecular weight is 324 g/mol. The first-order valence-corrected chi connectivity index (χ1v) is 7.72. The Morgan fingerprint density at radius 1 is 1.06 bits per heavy atom. The van der Waals surface area contributed by atoms with Crippen LogP contribution in [0.4, 0.5) is 0 Å². The average Bonchev–Trinajstić information content (AvgIpc) is 2.39. The molecule has 4 heteroatoms. The number of nitrogens with two attached hydrogens (primary N) is 1. The molecule has 2 rings (SSSR count). The molecule has 0 radical (unpaired) electrons. The van der Waals surface area contributed by atoms with Gasteiger partial charge in [-0.25, -0.2) is 0 Å². The van der Waals surface area contributed by atoms with E-state index in [-0.39, 0.29) is 0 Å². The standard InChI is InChI=1S/C14H14BrNOS/c15-13-4-6-14(7-5-13)18(17)10-12-3-1-2-11(8-12)9-16/h1-8H,9-10,16H2. The van der Waals surface area contributed by atoms with Gasteiger partial charge in [-0.1, -0.05) is 40.2 Å². The third-order valence-electron chi connectivity index (χ3n) is 2.60. The monoisotopic (exact) mass is 323 g/mol. The molecule has 1 unspecified atom stereocenters. The Hall–Kier alpha value is -0.970. The van der Waals surface area contributed by atoms with E-state index in [0.717, 1.165) is 20.5 Å². The Morgan fingerprint density at radius 3 is 2.39 bits per heavy atom. The Kier molecular flexibility index (Phi) is 4.69. The lowest BCUT2D eigenvalue weighted by atomic mass is 10.1. The molecule has 0 saturated carbocycles. The summed E-state index contributed by atoms with van der Waals surface area (Å²) in [4.78, 5) is 0.844. The molecule has 1 atom stereocenters. The minimum Gasteiger partial charge on any atom is -0.326 e. The quantitative estimate of drug-likeness (QED) is 0.938. The van der Waals surface area contributed by atoms with Crippen LogP contribution in [-0.4, -0.2) is 4.21 Å². The van der Waals surface area contributed by atoms with E-state index < -0.39 is 10.8 Å². The molecule has 0 aliphatic heterocycles. The van der Waals surface area contributed by atoms with Gasteiger partial charge in [-0.05, 0) is 35.4 Å². The van der Waals surface area contributed by atoms with E-state index >= 15 is 0 Å². The summed E-state index contributed by atoms with van der Waals surface area (Å²) in [6.45, 7) is 0.513. The van der Waals surface area contributed by atoms with Gasteiger partial charge in [-0.15, -0.1) is 0 Å². The summed E-state index contributed by atoms with van der Waals surface area (Å²) in [5.74, 6) is 0.523. The van der Waals surface area contributed by atoms with Gasteiger partial charge in [0.05, 0.1) is 16.6 Å². The molecule has 0 saturated heterocycles. The Labute approximate surface area is 118 Å². The molecule has 2 N–H and O–H groups in total. The van der Waals surface area contributed by atoms with Gasteiger partial charge >= 0.3 is 0 Å². The van der Waals surface area contributed by atoms with Crippen molar-refractivity contribution in [3.63, 3.8) is 0 Å². The van der Waals surface area contributed by atoms with Gasteiger partial charge in [0.15, 0.2) is 0 Å². The molecule has 0 amide bonds. The fourth-order valence-electron chi connectivity index (χ4n) is 1.67. The van der Waals surface area contributed by atoms with Crippen LogP contribution in [0.3, 0.4) is 0 Å². The summed E-state index contributed by atoms with van der Waals surface area (Å²) < 4.78 is 13.2. The van der Waals surface area contributed by atoms with E-state index in [0.29, 0.717) is 12.3 Å². The summed E-state index contributed by atoms with van der Waals surface area (Å²) in [6.07, 6.45) is 0. The number of halogens is 1. The summed E-state index contributed by atoms with van der Waals surface area (Å²) in [7, 11) is -1.01. The first-order valence-electron chi connectivity index (χ1n) is 5.61. The highest BCUT2D eigenvalue weighted by molar-refractivity contribution is 9.10. The van der Waals surface area contributed by atoms with Crippen LogP contribution in [0.15, 0.2) is 57.9 Å². The summed E-state index contributed by atoms with van der Waals surface area (Å²) in [6, 6.07) is 15.5. The largest absolute Gasteiger partial charge is 0.326 e. The third-order valence-corrected chi connectivity index (χ3v) is 4.52. The molecule has 94 valence electrons. The maximum Gasteiger partial charge on any atom is 0.0574 e. The lowest BCUT2D eigenvalue weighted by Crippen LogP contribution is -2.00. The molecule has 18 heavy (non-hydrogen) atoms. The van der Waals surface area contributed by atoms with E-state index in [1.807, 2.05) is 48.5 Å². The van der Waals surface area contributed by atoms with Gasteiger partial charge in [0.25, 0.3) is 0 Å². The minimum atomic E-state index is -1.01. The third kappa shape index (κ3) is 3.51. The molecule has 0 bridgehead atoms. The normalized spacial score (nSPS) is 12.3. The molecular weight excluding hydrogens is 310 g/mol. The number of hydrogen-bond acceptors (Lipinski definition) is 2. The van der Waals surface area contributed by atoms with Crippen LogP contribution in [0, 0.1) is 0 Å². The molecule has 0 fully saturated rings. The van der Waals surface area contributed by atoms with Crippen molar-refractivity contribution >= 4 is 26.7 Å². The van der Waals surface area contributed by atoms with Crippen LogP contribution in [0.2, 0.25) is 0 Å². The molecule has 0 spiro atoms. The van der Waals surface area contributed by atoms with E-state index in [1.165, 1.54) is 0 Å². The van der Waals surface area contributed by atoms with E-state index in [1.54, 1.807) is 0 Å². The molecule has 2 aromatic carbocycles. The molecule has 0 aliphatic carbocycles. The lowest BCUT2D eigenvalue weighted by molar-refractivity contribution is 0.682. The maximum absolute atomic E-state index is 12.2.